The van der Waals surface area contributed by atoms with Crippen LogP contribution >= 0.6 is 0 Å². The topological polar surface area (TPSA) is 72.2 Å². The van der Waals surface area contributed by atoms with Crippen LogP contribution in [0, 0.1) is 0 Å². The van der Waals surface area contributed by atoms with Crippen molar-refractivity contribution in [2.45, 2.75) is 32.6 Å². The second kappa shape index (κ2) is 7.48. The minimum absolute atomic E-state index is 0.109. The van der Waals surface area contributed by atoms with Gasteiger partial charge in [0.05, 0.1) is 0 Å². The van der Waals surface area contributed by atoms with E-state index in [1.54, 1.807) is 24.3 Å². The van der Waals surface area contributed by atoms with Crippen LogP contribution in [0.3, 0.4) is 0 Å². The standard InChI is InChI=1S/C14H20N2O2/c1-2-3-4-5-10-16-14(18)12-8-6-11(7-9-12)13(15)17/h6-9H,2-5,10H2,1H3,(H2,15,17)(H,16,18). The molecule has 4 nitrogen and oxygen atoms in total. The van der Waals surface area contributed by atoms with Crippen LogP contribution in [0.25, 0.3) is 0 Å². The lowest BCUT2D eigenvalue weighted by Gasteiger charge is -2.05. The summed E-state index contributed by atoms with van der Waals surface area (Å²) in [5.74, 6) is -0.593. The lowest BCUT2D eigenvalue weighted by atomic mass is 10.1. The molecule has 98 valence electrons. The van der Waals surface area contributed by atoms with Crippen LogP contribution in [0.5, 0.6) is 0 Å². The summed E-state index contributed by atoms with van der Waals surface area (Å²) in [6, 6.07) is 6.35. The highest BCUT2D eigenvalue weighted by molar-refractivity contribution is 5.97. The maximum atomic E-state index is 11.7. The van der Waals surface area contributed by atoms with E-state index < -0.39 is 5.91 Å². The van der Waals surface area contributed by atoms with Crippen LogP contribution in [0.2, 0.25) is 0 Å². The van der Waals surface area contributed by atoms with Gasteiger partial charge in [0.15, 0.2) is 0 Å². The van der Waals surface area contributed by atoms with Gasteiger partial charge in [0.25, 0.3) is 5.91 Å². The van der Waals surface area contributed by atoms with Crippen molar-refractivity contribution in [3.8, 4) is 0 Å². The minimum Gasteiger partial charge on any atom is -0.366 e. The first-order chi connectivity index (χ1) is 8.65. The molecule has 0 aromatic heterocycles. The zero-order valence-corrected chi connectivity index (χ0v) is 10.7. The van der Waals surface area contributed by atoms with Gasteiger partial charge in [-0.3, -0.25) is 9.59 Å². The molecular weight excluding hydrogens is 228 g/mol. The summed E-state index contributed by atoms with van der Waals surface area (Å²) in [5, 5.41) is 2.85. The van der Waals surface area contributed by atoms with Crippen LogP contribution in [-0.4, -0.2) is 18.4 Å². The van der Waals surface area contributed by atoms with E-state index in [9.17, 15) is 9.59 Å². The summed E-state index contributed by atoms with van der Waals surface area (Å²) in [4.78, 5) is 22.6. The molecule has 3 N–H and O–H groups in total. The van der Waals surface area contributed by atoms with Crippen LogP contribution in [0.15, 0.2) is 24.3 Å². The van der Waals surface area contributed by atoms with Crippen molar-refractivity contribution in [3.63, 3.8) is 0 Å². The number of carbonyl (C=O) groups excluding carboxylic acids is 2. The van der Waals surface area contributed by atoms with E-state index in [-0.39, 0.29) is 5.91 Å². The maximum absolute atomic E-state index is 11.7. The van der Waals surface area contributed by atoms with Gasteiger partial charge in [-0.05, 0) is 30.7 Å². The van der Waals surface area contributed by atoms with E-state index in [1.807, 2.05) is 0 Å². The molecule has 0 saturated heterocycles. The highest BCUT2D eigenvalue weighted by Crippen LogP contribution is 2.04. The normalized spacial score (nSPS) is 10.1. The van der Waals surface area contributed by atoms with E-state index >= 15 is 0 Å². The summed E-state index contributed by atoms with van der Waals surface area (Å²) in [5.41, 5.74) is 6.09. The fourth-order valence-electron chi connectivity index (χ4n) is 1.64. The first-order valence-electron chi connectivity index (χ1n) is 6.33. The molecule has 18 heavy (non-hydrogen) atoms. The van der Waals surface area contributed by atoms with E-state index in [0.29, 0.717) is 17.7 Å². The van der Waals surface area contributed by atoms with Crippen molar-refractivity contribution in [2.24, 2.45) is 5.73 Å². The number of hydrogen-bond donors (Lipinski definition) is 2. The molecule has 0 spiro atoms. The van der Waals surface area contributed by atoms with Crippen molar-refractivity contribution < 1.29 is 9.59 Å². The Morgan fingerprint density at radius 1 is 1.06 bits per heavy atom. The third-order valence-electron chi connectivity index (χ3n) is 2.75. The van der Waals surface area contributed by atoms with Gasteiger partial charge in [0.2, 0.25) is 5.91 Å². The lowest BCUT2D eigenvalue weighted by Crippen LogP contribution is -2.24. The van der Waals surface area contributed by atoms with Crippen molar-refractivity contribution in [3.05, 3.63) is 35.4 Å². The van der Waals surface area contributed by atoms with Gasteiger partial charge in [0.1, 0.15) is 0 Å². The summed E-state index contributed by atoms with van der Waals surface area (Å²) >= 11 is 0. The SMILES string of the molecule is CCCCCCNC(=O)c1ccc(C(N)=O)cc1. The van der Waals surface area contributed by atoms with Crippen molar-refractivity contribution in [2.75, 3.05) is 6.54 Å². The average molecular weight is 248 g/mol. The number of carbonyl (C=O) groups is 2. The molecule has 0 atom stereocenters. The Balaban J connectivity index is 2.39. The Kier molecular flexibility index (Phi) is 5.91. The third-order valence-corrected chi connectivity index (χ3v) is 2.75. The largest absolute Gasteiger partial charge is 0.366 e. The van der Waals surface area contributed by atoms with Crippen LogP contribution in [0.4, 0.5) is 0 Å². The number of nitrogens with one attached hydrogen (secondary N) is 1. The average Bonchev–Trinajstić information content (AvgIpc) is 2.38. The van der Waals surface area contributed by atoms with E-state index in [2.05, 4.69) is 12.2 Å². The Bertz CT molecular complexity index is 399. The molecule has 4 heteroatoms. The Morgan fingerprint density at radius 2 is 1.67 bits per heavy atom. The molecule has 0 heterocycles. The first kappa shape index (κ1) is 14.2. The van der Waals surface area contributed by atoms with E-state index in [0.717, 1.165) is 12.8 Å². The minimum atomic E-state index is -0.485. The highest BCUT2D eigenvalue weighted by Gasteiger charge is 2.06. The fourth-order valence-corrected chi connectivity index (χ4v) is 1.64. The van der Waals surface area contributed by atoms with Gasteiger partial charge in [-0.1, -0.05) is 26.2 Å². The Morgan fingerprint density at radius 3 is 2.22 bits per heavy atom. The number of benzene rings is 1. The lowest BCUT2D eigenvalue weighted by molar-refractivity contribution is 0.0950. The Hall–Kier alpha value is -1.84. The summed E-state index contributed by atoms with van der Waals surface area (Å²) < 4.78 is 0. The molecule has 0 aliphatic heterocycles. The number of rotatable bonds is 7. The summed E-state index contributed by atoms with van der Waals surface area (Å²) in [6.07, 6.45) is 4.52. The third kappa shape index (κ3) is 4.57. The summed E-state index contributed by atoms with van der Waals surface area (Å²) in [7, 11) is 0. The van der Waals surface area contributed by atoms with Gasteiger partial charge in [0, 0.05) is 17.7 Å². The fraction of sp³-hybridized carbons (Fsp3) is 0.429. The number of nitrogens with two attached hydrogens (primary N) is 1. The van der Waals surface area contributed by atoms with Crippen molar-refractivity contribution in [1.29, 1.82) is 0 Å². The molecular formula is C14H20N2O2. The zero-order chi connectivity index (χ0) is 13.4. The molecule has 0 aliphatic carbocycles. The van der Waals surface area contributed by atoms with Gasteiger partial charge < -0.3 is 11.1 Å². The van der Waals surface area contributed by atoms with Crippen LogP contribution in [-0.2, 0) is 0 Å². The molecule has 0 unspecified atom stereocenters. The van der Waals surface area contributed by atoms with Crippen LogP contribution in [0.1, 0.15) is 53.3 Å². The highest BCUT2D eigenvalue weighted by atomic mass is 16.2. The molecule has 2 amide bonds. The van der Waals surface area contributed by atoms with E-state index in [1.165, 1.54) is 12.8 Å². The zero-order valence-electron chi connectivity index (χ0n) is 10.7. The van der Waals surface area contributed by atoms with Gasteiger partial charge in [-0.2, -0.15) is 0 Å². The second-order valence-corrected chi connectivity index (χ2v) is 4.26. The number of hydrogen-bond acceptors (Lipinski definition) is 2. The second-order valence-electron chi connectivity index (χ2n) is 4.26. The predicted molar refractivity (Wildman–Crippen MR) is 71.4 cm³/mol. The van der Waals surface area contributed by atoms with Gasteiger partial charge in [-0.25, -0.2) is 0 Å². The van der Waals surface area contributed by atoms with Crippen LogP contribution < -0.4 is 11.1 Å². The first-order valence-corrected chi connectivity index (χ1v) is 6.33. The number of primary amides is 1. The molecule has 0 aliphatic rings. The van der Waals surface area contributed by atoms with Crippen molar-refractivity contribution >= 4 is 11.8 Å². The molecule has 1 aromatic rings. The smallest absolute Gasteiger partial charge is 0.251 e. The molecule has 1 aromatic carbocycles. The number of amides is 2. The number of unbranched alkanes of at least 4 members (excludes halogenated alkanes) is 3. The molecule has 1 rings (SSSR count). The molecule has 0 bridgehead atoms. The van der Waals surface area contributed by atoms with Crippen molar-refractivity contribution in [1.82, 2.24) is 5.32 Å². The van der Waals surface area contributed by atoms with Gasteiger partial charge in [-0.15, -0.1) is 0 Å². The summed E-state index contributed by atoms with van der Waals surface area (Å²) in [6.45, 7) is 2.84. The molecule has 0 saturated carbocycles. The van der Waals surface area contributed by atoms with E-state index in [4.69, 9.17) is 5.73 Å². The predicted octanol–water partition coefficient (Wildman–Crippen LogP) is 2.10. The Labute approximate surface area is 108 Å². The monoisotopic (exact) mass is 248 g/mol. The van der Waals surface area contributed by atoms with Gasteiger partial charge >= 0.3 is 0 Å². The molecule has 0 fully saturated rings. The molecule has 0 radical (unpaired) electrons. The maximum Gasteiger partial charge on any atom is 0.251 e. The quantitative estimate of drug-likeness (QED) is 0.725.